The van der Waals surface area contributed by atoms with E-state index in [-0.39, 0.29) is 35.7 Å². The maximum atomic E-state index is 11.5. The molecule has 0 aromatic carbocycles. The Hall–Kier alpha value is -0.160. The molecule has 0 radical (unpaired) electrons. The summed E-state index contributed by atoms with van der Waals surface area (Å²) in [4.78, 5) is 0. The Bertz CT molecular complexity index is 567. The predicted octanol–water partition coefficient (Wildman–Crippen LogP) is 3.36. The summed E-state index contributed by atoms with van der Waals surface area (Å²) < 4.78 is 0. The number of aliphatic hydroxyl groups excluding tert-OH is 4. The molecule has 4 rings (SSSR count). The lowest BCUT2D eigenvalue weighted by molar-refractivity contribution is -0.207. The Labute approximate surface area is 170 Å². The summed E-state index contributed by atoms with van der Waals surface area (Å²) in [5, 5.41) is 42.2. The van der Waals surface area contributed by atoms with E-state index in [2.05, 4.69) is 20.8 Å². The van der Waals surface area contributed by atoms with E-state index in [0.29, 0.717) is 35.5 Å². The Balaban J connectivity index is 1.62. The minimum absolute atomic E-state index is 0.117. The molecule has 4 aliphatic carbocycles. The SMILES string of the molecule is C[C@H](CCCO)[C@H]1CCC2C3C(C[C@H](O)[C@@]21C)[C@@]1(C)CC[C@@H](O)C[C@H]1C[C@H]3O. The highest BCUT2D eigenvalue weighted by Gasteiger charge is 2.65. The van der Waals surface area contributed by atoms with Crippen molar-refractivity contribution in [1.29, 1.82) is 0 Å². The van der Waals surface area contributed by atoms with Gasteiger partial charge in [-0.2, -0.15) is 0 Å². The molecule has 28 heavy (non-hydrogen) atoms. The van der Waals surface area contributed by atoms with Gasteiger partial charge >= 0.3 is 0 Å². The van der Waals surface area contributed by atoms with Gasteiger partial charge in [-0.25, -0.2) is 0 Å². The molecule has 0 aliphatic heterocycles. The summed E-state index contributed by atoms with van der Waals surface area (Å²) in [6.45, 7) is 7.23. The van der Waals surface area contributed by atoms with Crippen LogP contribution >= 0.6 is 0 Å². The first-order valence-electron chi connectivity index (χ1n) is 11.9. The van der Waals surface area contributed by atoms with Gasteiger partial charge in [-0.3, -0.25) is 0 Å². The van der Waals surface area contributed by atoms with E-state index in [4.69, 9.17) is 0 Å². The number of rotatable bonds is 4. The zero-order valence-electron chi connectivity index (χ0n) is 18.1. The first-order valence-corrected chi connectivity index (χ1v) is 11.9. The Kier molecular flexibility index (Phi) is 5.66. The summed E-state index contributed by atoms with van der Waals surface area (Å²) in [5.41, 5.74) is 0.0282. The molecule has 0 bridgehead atoms. The molecule has 4 saturated carbocycles. The summed E-state index contributed by atoms with van der Waals surface area (Å²) in [6.07, 6.45) is 7.62. The van der Waals surface area contributed by atoms with Gasteiger partial charge in [-0.15, -0.1) is 0 Å². The van der Waals surface area contributed by atoms with Gasteiger partial charge in [0.15, 0.2) is 0 Å². The highest BCUT2D eigenvalue weighted by molar-refractivity contribution is 5.14. The van der Waals surface area contributed by atoms with Crippen LogP contribution in [-0.4, -0.2) is 45.3 Å². The average Bonchev–Trinajstić information content (AvgIpc) is 3.01. The zero-order valence-corrected chi connectivity index (χ0v) is 18.1. The van der Waals surface area contributed by atoms with Crippen LogP contribution in [0.4, 0.5) is 0 Å². The molecule has 162 valence electrons. The molecule has 4 N–H and O–H groups in total. The monoisotopic (exact) mass is 394 g/mol. The Morgan fingerprint density at radius 1 is 0.964 bits per heavy atom. The van der Waals surface area contributed by atoms with Crippen LogP contribution in [0.5, 0.6) is 0 Å². The van der Waals surface area contributed by atoms with E-state index in [0.717, 1.165) is 57.8 Å². The molecule has 3 unspecified atom stereocenters. The van der Waals surface area contributed by atoms with Gasteiger partial charge in [-0.1, -0.05) is 20.8 Å². The van der Waals surface area contributed by atoms with E-state index < -0.39 is 0 Å². The van der Waals surface area contributed by atoms with Crippen molar-refractivity contribution in [1.82, 2.24) is 0 Å². The highest BCUT2D eigenvalue weighted by atomic mass is 16.3. The second-order valence-electron chi connectivity index (χ2n) is 11.4. The third-order valence-corrected chi connectivity index (χ3v) is 10.3. The molecular weight excluding hydrogens is 352 g/mol. The van der Waals surface area contributed by atoms with Crippen LogP contribution in [0, 0.1) is 46.3 Å². The van der Waals surface area contributed by atoms with Gasteiger partial charge in [-0.05, 0) is 104 Å². The summed E-state index contributed by atoms with van der Waals surface area (Å²) in [6, 6.07) is 0. The predicted molar refractivity (Wildman–Crippen MR) is 109 cm³/mol. The average molecular weight is 395 g/mol. The molecule has 0 aromatic rings. The van der Waals surface area contributed by atoms with Gasteiger partial charge in [0.2, 0.25) is 0 Å². The fourth-order valence-corrected chi connectivity index (χ4v) is 8.75. The zero-order chi connectivity index (χ0) is 20.3. The van der Waals surface area contributed by atoms with Crippen LogP contribution in [0.2, 0.25) is 0 Å². The number of fused-ring (bicyclic) bond motifs is 5. The minimum Gasteiger partial charge on any atom is -0.396 e. The van der Waals surface area contributed by atoms with Crippen LogP contribution in [0.15, 0.2) is 0 Å². The third-order valence-electron chi connectivity index (χ3n) is 10.3. The molecule has 11 atom stereocenters. The second-order valence-corrected chi connectivity index (χ2v) is 11.4. The lowest BCUT2D eigenvalue weighted by Gasteiger charge is -2.63. The van der Waals surface area contributed by atoms with Crippen molar-refractivity contribution in [2.24, 2.45) is 46.3 Å². The lowest BCUT2D eigenvalue weighted by atomic mass is 9.43. The van der Waals surface area contributed by atoms with Crippen molar-refractivity contribution in [2.45, 2.75) is 96.9 Å². The van der Waals surface area contributed by atoms with Gasteiger partial charge in [0.25, 0.3) is 0 Å². The molecule has 4 nitrogen and oxygen atoms in total. The maximum absolute atomic E-state index is 11.5. The second kappa shape index (κ2) is 7.51. The normalized spacial score (nSPS) is 54.5. The van der Waals surface area contributed by atoms with Crippen molar-refractivity contribution in [3.8, 4) is 0 Å². The van der Waals surface area contributed by atoms with Crippen LogP contribution in [0.1, 0.15) is 78.6 Å². The molecule has 4 fully saturated rings. The van der Waals surface area contributed by atoms with E-state index in [1.807, 2.05) is 0 Å². The molecule has 4 aliphatic rings. The van der Waals surface area contributed by atoms with Crippen molar-refractivity contribution in [3.63, 3.8) is 0 Å². The number of hydrogen-bond donors (Lipinski definition) is 4. The van der Waals surface area contributed by atoms with E-state index in [1.165, 1.54) is 0 Å². The van der Waals surface area contributed by atoms with Crippen molar-refractivity contribution < 1.29 is 20.4 Å². The van der Waals surface area contributed by atoms with Crippen LogP contribution in [0.25, 0.3) is 0 Å². The van der Waals surface area contributed by atoms with Gasteiger partial charge < -0.3 is 20.4 Å². The molecule has 0 saturated heterocycles. The fraction of sp³-hybridized carbons (Fsp3) is 1.00. The topological polar surface area (TPSA) is 80.9 Å². The largest absolute Gasteiger partial charge is 0.396 e. The van der Waals surface area contributed by atoms with Gasteiger partial charge in [0.1, 0.15) is 0 Å². The van der Waals surface area contributed by atoms with Crippen molar-refractivity contribution in [3.05, 3.63) is 0 Å². The molecule has 0 aromatic heterocycles. The number of hydrogen-bond acceptors (Lipinski definition) is 4. The van der Waals surface area contributed by atoms with Crippen LogP contribution in [-0.2, 0) is 0 Å². The standard InChI is InChI=1S/C24H42O4/c1-14(5-4-10-25)17-6-7-18-22-19(13-21(28)24(17,18)3)23(2)9-8-16(26)11-15(23)12-20(22)27/h14-22,25-28H,4-13H2,1-3H3/t14-,15+,16-,17-,18?,19?,20-,21+,22?,23+,24-/m1/s1. The third kappa shape index (κ3) is 3.01. The lowest BCUT2D eigenvalue weighted by Crippen LogP contribution is -2.62. The smallest absolute Gasteiger partial charge is 0.0602 e. The van der Waals surface area contributed by atoms with E-state index in [1.54, 1.807) is 0 Å². The molecule has 0 amide bonds. The van der Waals surface area contributed by atoms with E-state index >= 15 is 0 Å². The first kappa shape index (κ1) is 21.1. The summed E-state index contributed by atoms with van der Waals surface area (Å²) >= 11 is 0. The molecule has 0 heterocycles. The summed E-state index contributed by atoms with van der Waals surface area (Å²) in [7, 11) is 0. The molecule has 4 heteroatoms. The van der Waals surface area contributed by atoms with E-state index in [9.17, 15) is 20.4 Å². The molecule has 0 spiro atoms. The highest BCUT2D eigenvalue weighted by Crippen LogP contribution is 2.68. The van der Waals surface area contributed by atoms with Gasteiger partial charge in [0.05, 0.1) is 18.3 Å². The quantitative estimate of drug-likeness (QED) is 0.589. The Morgan fingerprint density at radius 2 is 1.71 bits per heavy atom. The maximum Gasteiger partial charge on any atom is 0.0602 e. The van der Waals surface area contributed by atoms with Crippen LogP contribution < -0.4 is 0 Å². The van der Waals surface area contributed by atoms with Crippen LogP contribution in [0.3, 0.4) is 0 Å². The minimum atomic E-state index is -0.308. The Morgan fingerprint density at radius 3 is 2.43 bits per heavy atom. The van der Waals surface area contributed by atoms with Crippen molar-refractivity contribution >= 4 is 0 Å². The fourth-order valence-electron chi connectivity index (χ4n) is 8.75. The van der Waals surface area contributed by atoms with Gasteiger partial charge in [0, 0.05) is 6.61 Å². The number of aliphatic hydroxyl groups is 4. The summed E-state index contributed by atoms with van der Waals surface area (Å²) in [5.74, 6) is 2.41. The molecular formula is C24H42O4. The first-order chi connectivity index (χ1) is 13.2. The van der Waals surface area contributed by atoms with Crippen molar-refractivity contribution in [2.75, 3.05) is 6.61 Å².